The van der Waals surface area contributed by atoms with Crippen molar-refractivity contribution in [2.24, 2.45) is 23.7 Å². The van der Waals surface area contributed by atoms with Gasteiger partial charge in [-0.05, 0) is 124 Å². The number of aryl methyl sites for hydroxylation is 1. The number of furan rings is 1. The highest BCUT2D eigenvalue weighted by atomic mass is 32.2. The van der Waals surface area contributed by atoms with Crippen molar-refractivity contribution >= 4 is 64.1 Å². The van der Waals surface area contributed by atoms with Gasteiger partial charge in [-0.25, -0.2) is 0 Å². The van der Waals surface area contributed by atoms with E-state index in [0.717, 1.165) is 53.1 Å². The predicted octanol–water partition coefficient (Wildman–Crippen LogP) is 25.3. The van der Waals surface area contributed by atoms with Gasteiger partial charge in [0.05, 0.1) is 24.8 Å². The highest BCUT2D eigenvalue weighted by molar-refractivity contribution is 7.99. The Morgan fingerprint density at radius 1 is 0.418 bits per heavy atom. The van der Waals surface area contributed by atoms with Gasteiger partial charge in [-0.3, -0.25) is 0 Å². The van der Waals surface area contributed by atoms with Crippen LogP contribution in [0, 0.1) is 23.7 Å². The highest BCUT2D eigenvalue weighted by Gasteiger charge is 2.34. The second-order valence-electron chi connectivity index (χ2n) is 24.1. The molecule has 0 fully saturated rings. The van der Waals surface area contributed by atoms with Gasteiger partial charge in [-0.2, -0.15) is 0 Å². The molecular formula is C82H101NO4S4. The van der Waals surface area contributed by atoms with Crippen molar-refractivity contribution in [1.29, 1.82) is 0 Å². The minimum absolute atomic E-state index is 0.404. The highest BCUT2D eigenvalue weighted by Crippen LogP contribution is 2.52. The molecule has 0 N–H and O–H groups in total. The van der Waals surface area contributed by atoms with Crippen LogP contribution in [-0.2, 0) is 29.4 Å². The first-order chi connectivity index (χ1) is 44.5. The van der Waals surface area contributed by atoms with E-state index in [1.807, 2.05) is 115 Å². The van der Waals surface area contributed by atoms with Gasteiger partial charge in [-0.1, -0.05) is 231 Å². The van der Waals surface area contributed by atoms with Crippen molar-refractivity contribution in [2.75, 3.05) is 13.2 Å². The molecule has 4 unspecified atom stereocenters. The summed E-state index contributed by atoms with van der Waals surface area (Å²) < 4.78 is 23.6. The van der Waals surface area contributed by atoms with Gasteiger partial charge in [0.25, 0.3) is 0 Å². The van der Waals surface area contributed by atoms with Gasteiger partial charge in [-0.15, -0.1) is 47.0 Å². The number of ether oxygens (including phenoxy) is 2. The zero-order valence-corrected chi connectivity index (χ0v) is 60.6. The largest absolute Gasteiger partial charge is 0.493 e. The SMILES string of the molecule is CC.CC.CC.CC.CC(C)C1c2ccccc2SCc2ccc3c(c21)OCC=C3.CC(C)C1c2ccccc2SCc2ccc3c(c21)OCCCC3.CC(C)C1c2ccccc2SCc2ccc3ccoc3c21.CC(C)C1c2ccccc2SCc2oncc21. The molecule has 4 atom stereocenters. The third-order valence-electron chi connectivity index (χ3n) is 17.3. The van der Waals surface area contributed by atoms with Crippen LogP contribution >= 0.6 is 47.0 Å². The number of fused-ring (bicyclic) bond motifs is 14. The van der Waals surface area contributed by atoms with Crippen molar-refractivity contribution in [1.82, 2.24) is 5.16 Å². The molecule has 7 aromatic carbocycles. The average Bonchev–Trinajstić information content (AvgIpc) is 1.92. The summed E-state index contributed by atoms with van der Waals surface area (Å²) in [4.78, 5) is 5.63. The maximum Gasteiger partial charge on any atom is 0.150 e. The van der Waals surface area contributed by atoms with Gasteiger partial charge in [0.1, 0.15) is 23.7 Å². The standard InChI is InChI=1S/C21H24OS.C20H20OS.C19H18OS.C14H15NOS.4C2H6/c1-14(2)19-17-8-3-4-9-18(17)23-13-16-11-10-15-7-5-6-12-22-21(15)20(16)19;1-13(2)18-16-7-3-4-8-17(16)22-12-15-10-9-14-6-5-11-21-20(14)19(15)18;1-12(2)17-15-5-3-4-6-16(15)21-11-14-8-7-13-9-10-20-19(13)18(14)17;1-9(2)14-10-5-3-4-6-13(10)17-8-12-11(14)7-15-16-12;4*1-2/h3-4,8-11,14,19H,5-7,12-13H2,1-2H3;3-10,13,18H,11-12H2,1-2H3;3-10,12,17H,11H2,1-2H3;3-7,9,14H,8H2,1-2H3;4*1-2H3. The fourth-order valence-corrected chi connectivity index (χ4v) is 17.9. The Morgan fingerprint density at radius 3 is 1.38 bits per heavy atom. The maximum atomic E-state index is 6.29. The van der Waals surface area contributed by atoms with E-state index < -0.39 is 0 Å². The summed E-state index contributed by atoms with van der Waals surface area (Å²) in [6.07, 6.45) is 11.6. The molecule has 0 radical (unpaired) electrons. The van der Waals surface area contributed by atoms with E-state index in [9.17, 15) is 0 Å². The summed E-state index contributed by atoms with van der Waals surface area (Å²) in [5.41, 5.74) is 19.3. The predicted molar refractivity (Wildman–Crippen MR) is 395 cm³/mol. The first kappa shape index (κ1) is 70.9. The van der Waals surface area contributed by atoms with Gasteiger partial charge in [0.15, 0.2) is 5.76 Å². The molecule has 9 aromatic rings. The molecule has 15 rings (SSSR count). The van der Waals surface area contributed by atoms with Crippen LogP contribution in [0.5, 0.6) is 11.5 Å². The zero-order valence-electron chi connectivity index (χ0n) is 57.3. The molecule has 5 nitrogen and oxygen atoms in total. The number of hydrogen-bond acceptors (Lipinski definition) is 9. The summed E-state index contributed by atoms with van der Waals surface area (Å²) >= 11 is 7.71. The van der Waals surface area contributed by atoms with E-state index in [1.165, 1.54) is 116 Å². The topological polar surface area (TPSA) is 57.6 Å². The van der Waals surface area contributed by atoms with E-state index in [4.69, 9.17) is 18.4 Å². The fraction of sp³-hybridized carbons (Fsp3) is 0.402. The molecule has 482 valence electrons. The lowest BCUT2D eigenvalue weighted by molar-refractivity contribution is 0.310. The number of thioether (sulfide) groups is 4. The third-order valence-corrected chi connectivity index (χ3v) is 21.8. The Labute approximate surface area is 564 Å². The lowest BCUT2D eigenvalue weighted by Gasteiger charge is -2.28. The molecule has 6 aliphatic rings. The number of aromatic nitrogens is 1. The second-order valence-corrected chi connectivity index (χ2v) is 28.1. The van der Waals surface area contributed by atoms with Crippen LogP contribution in [0.25, 0.3) is 17.0 Å². The molecule has 0 aliphatic carbocycles. The average molecular weight is 1290 g/mol. The lowest BCUT2D eigenvalue weighted by atomic mass is 9.79. The van der Waals surface area contributed by atoms with E-state index in [0.29, 0.717) is 54.0 Å². The number of rotatable bonds is 4. The van der Waals surface area contributed by atoms with Crippen LogP contribution in [0.1, 0.15) is 225 Å². The summed E-state index contributed by atoms with van der Waals surface area (Å²) in [6.45, 7) is 36.0. The molecule has 0 spiro atoms. The Bertz CT molecular complexity index is 3770. The molecule has 0 amide bonds. The fourth-order valence-electron chi connectivity index (χ4n) is 13.5. The van der Waals surface area contributed by atoms with Gasteiger partial charge >= 0.3 is 0 Å². The van der Waals surface area contributed by atoms with Crippen molar-refractivity contribution in [3.63, 3.8) is 0 Å². The minimum atomic E-state index is 0.404. The summed E-state index contributed by atoms with van der Waals surface area (Å²) in [6, 6.07) is 51.0. The molecule has 91 heavy (non-hydrogen) atoms. The smallest absolute Gasteiger partial charge is 0.150 e. The number of hydrogen-bond donors (Lipinski definition) is 0. The Hall–Kier alpha value is -5.97. The summed E-state index contributed by atoms with van der Waals surface area (Å²) in [5, 5.41) is 5.17. The van der Waals surface area contributed by atoms with Crippen LogP contribution in [0.2, 0.25) is 0 Å². The second kappa shape index (κ2) is 34.8. The minimum Gasteiger partial charge on any atom is -0.493 e. The Balaban J connectivity index is 0.000000151. The van der Waals surface area contributed by atoms with E-state index in [2.05, 4.69) is 212 Å². The van der Waals surface area contributed by atoms with Crippen molar-refractivity contribution in [3.8, 4) is 11.5 Å². The zero-order chi connectivity index (χ0) is 65.1. The maximum absolute atomic E-state index is 6.29. The third kappa shape index (κ3) is 16.0. The summed E-state index contributed by atoms with van der Waals surface area (Å²) in [7, 11) is 0. The molecule has 6 aliphatic heterocycles. The Kier molecular flexibility index (Phi) is 27.1. The van der Waals surface area contributed by atoms with Gasteiger partial charge < -0.3 is 18.4 Å². The first-order valence-corrected chi connectivity index (χ1v) is 38.0. The molecule has 9 heteroatoms. The normalized spacial score (nSPS) is 17.4. The van der Waals surface area contributed by atoms with Gasteiger partial charge in [0, 0.05) is 93.7 Å². The Morgan fingerprint density at radius 2 is 0.857 bits per heavy atom. The van der Waals surface area contributed by atoms with Crippen LogP contribution in [0.3, 0.4) is 0 Å². The summed E-state index contributed by atoms with van der Waals surface area (Å²) in [5.74, 6) is 11.2. The van der Waals surface area contributed by atoms with E-state index in [-0.39, 0.29) is 0 Å². The van der Waals surface area contributed by atoms with Gasteiger partial charge in [0.2, 0.25) is 0 Å². The van der Waals surface area contributed by atoms with Crippen LogP contribution in [0.15, 0.2) is 187 Å². The molecule has 0 saturated carbocycles. The monoisotopic (exact) mass is 1290 g/mol. The molecule has 8 heterocycles. The number of benzene rings is 7. The molecule has 2 aromatic heterocycles. The van der Waals surface area contributed by atoms with Crippen LogP contribution in [-0.4, -0.2) is 18.4 Å². The van der Waals surface area contributed by atoms with Crippen molar-refractivity contribution in [2.45, 2.75) is 196 Å². The van der Waals surface area contributed by atoms with E-state index in [1.54, 1.807) is 0 Å². The number of nitrogens with zero attached hydrogens (tertiary/aromatic N) is 1. The van der Waals surface area contributed by atoms with E-state index >= 15 is 0 Å². The van der Waals surface area contributed by atoms with Crippen LogP contribution in [0.4, 0.5) is 0 Å². The first-order valence-electron chi connectivity index (χ1n) is 34.1. The van der Waals surface area contributed by atoms with Crippen LogP contribution < -0.4 is 9.47 Å². The lowest BCUT2D eigenvalue weighted by Crippen LogP contribution is -2.14. The quantitative estimate of drug-likeness (QED) is 0.171. The molecule has 0 bridgehead atoms. The molecule has 0 saturated heterocycles. The van der Waals surface area contributed by atoms with Crippen molar-refractivity contribution < 1.29 is 18.4 Å². The molecular weight excluding hydrogens is 1190 g/mol. The van der Waals surface area contributed by atoms with Crippen molar-refractivity contribution in [3.05, 3.63) is 236 Å².